The van der Waals surface area contributed by atoms with Crippen molar-refractivity contribution in [2.45, 2.75) is 115 Å². The first-order chi connectivity index (χ1) is 12.3. The number of unbranched alkanes of at least 4 members (excludes halogenated alkanes) is 5. The maximum absolute atomic E-state index is 6.25. The number of hydrogen-bond acceptors (Lipinski definition) is 6. The third-order valence-electron chi connectivity index (χ3n) is 5.23. The molecule has 0 aliphatic carbocycles. The lowest BCUT2D eigenvalue weighted by molar-refractivity contribution is -0.219. The van der Waals surface area contributed by atoms with Crippen molar-refractivity contribution in [3.05, 3.63) is 0 Å². The minimum atomic E-state index is -0.578. The van der Waals surface area contributed by atoms with E-state index in [1.165, 1.54) is 38.5 Å². The Morgan fingerprint density at radius 3 is 2.27 bits per heavy atom. The lowest BCUT2D eigenvalue weighted by Crippen LogP contribution is -2.41. The fraction of sp³-hybridized carbons (Fsp3) is 1.00. The van der Waals surface area contributed by atoms with Crippen molar-refractivity contribution in [1.82, 2.24) is 0 Å². The fourth-order valence-corrected chi connectivity index (χ4v) is 5.42. The normalized spacial score (nSPS) is 38.0. The van der Waals surface area contributed by atoms with Crippen LogP contribution >= 0.6 is 11.8 Å². The summed E-state index contributed by atoms with van der Waals surface area (Å²) in [6.45, 7) is 10.6. The fourth-order valence-electron chi connectivity index (χ4n) is 3.97. The summed E-state index contributed by atoms with van der Waals surface area (Å²) >= 11 is 1.95. The number of fused-ring (bicyclic) bond motifs is 1. The SMILES string of the molecule is CCCCCCCCS[C@@H]1[C@H]2OC(C)(C)O[C@H]2O[C@@H]1[C@H]1COC(C)(C)O1. The molecule has 0 radical (unpaired) electrons. The third kappa shape index (κ3) is 5.15. The van der Waals surface area contributed by atoms with Crippen molar-refractivity contribution in [3.8, 4) is 0 Å². The van der Waals surface area contributed by atoms with Crippen LogP contribution in [-0.4, -0.2) is 53.8 Å². The molecule has 3 heterocycles. The zero-order valence-corrected chi connectivity index (χ0v) is 17.8. The van der Waals surface area contributed by atoms with E-state index in [0.29, 0.717) is 6.61 Å². The predicted octanol–water partition coefficient (Wildman–Crippen LogP) is 4.48. The van der Waals surface area contributed by atoms with Gasteiger partial charge in [0, 0.05) is 0 Å². The standard InChI is InChI=1S/C20H36O5S/c1-6-7-8-9-10-11-12-26-17-15(14-13-21-19(2,3)23-14)22-18-16(17)24-20(4,5)25-18/h14-18H,6-13H2,1-5H3/t14-,15-,16-,17+,18-/m1/s1. The molecule has 0 saturated carbocycles. The minimum Gasteiger partial charge on any atom is -0.348 e. The van der Waals surface area contributed by atoms with E-state index < -0.39 is 11.6 Å². The molecule has 3 aliphatic heterocycles. The van der Waals surface area contributed by atoms with Crippen LogP contribution in [0.3, 0.4) is 0 Å². The van der Waals surface area contributed by atoms with Gasteiger partial charge in [-0.1, -0.05) is 39.0 Å². The lowest BCUT2D eigenvalue weighted by atomic mass is 10.1. The van der Waals surface area contributed by atoms with Crippen molar-refractivity contribution in [2.24, 2.45) is 0 Å². The molecular formula is C20H36O5S. The highest BCUT2D eigenvalue weighted by Gasteiger charge is 2.58. The van der Waals surface area contributed by atoms with E-state index in [9.17, 15) is 0 Å². The summed E-state index contributed by atoms with van der Waals surface area (Å²) in [6.07, 6.45) is 7.44. The summed E-state index contributed by atoms with van der Waals surface area (Å²) in [5, 5.41) is 0.222. The van der Waals surface area contributed by atoms with Crippen molar-refractivity contribution >= 4 is 11.8 Å². The highest BCUT2D eigenvalue weighted by Crippen LogP contribution is 2.45. The first kappa shape index (κ1) is 20.9. The van der Waals surface area contributed by atoms with Gasteiger partial charge in [-0.05, 0) is 39.9 Å². The second-order valence-corrected chi connectivity index (χ2v) is 9.83. The summed E-state index contributed by atoms with van der Waals surface area (Å²) < 4.78 is 30.2. The molecule has 0 amide bonds. The van der Waals surface area contributed by atoms with E-state index in [2.05, 4.69) is 6.92 Å². The van der Waals surface area contributed by atoms with Gasteiger partial charge >= 0.3 is 0 Å². The van der Waals surface area contributed by atoms with Gasteiger partial charge in [0.2, 0.25) is 0 Å². The molecule has 0 spiro atoms. The quantitative estimate of drug-likeness (QED) is 0.543. The molecule has 0 N–H and O–H groups in total. The Morgan fingerprint density at radius 2 is 1.58 bits per heavy atom. The molecule has 0 unspecified atom stereocenters. The molecule has 26 heavy (non-hydrogen) atoms. The number of ether oxygens (including phenoxy) is 5. The predicted molar refractivity (Wildman–Crippen MR) is 103 cm³/mol. The first-order valence-electron chi connectivity index (χ1n) is 10.3. The van der Waals surface area contributed by atoms with Gasteiger partial charge in [-0.25, -0.2) is 0 Å². The van der Waals surface area contributed by atoms with Crippen molar-refractivity contribution in [1.29, 1.82) is 0 Å². The minimum absolute atomic E-state index is 0.0348. The van der Waals surface area contributed by atoms with Crippen LogP contribution in [0.1, 0.15) is 73.1 Å². The smallest absolute Gasteiger partial charge is 0.188 e. The van der Waals surface area contributed by atoms with Gasteiger partial charge in [-0.15, -0.1) is 0 Å². The van der Waals surface area contributed by atoms with E-state index in [1.54, 1.807) is 0 Å². The molecule has 0 bridgehead atoms. The van der Waals surface area contributed by atoms with Crippen molar-refractivity contribution < 1.29 is 23.7 Å². The van der Waals surface area contributed by atoms with E-state index in [-0.39, 0.29) is 29.9 Å². The Hall–Kier alpha value is 0.150. The second-order valence-electron chi connectivity index (χ2n) is 8.54. The molecule has 152 valence electrons. The summed E-state index contributed by atoms with van der Waals surface area (Å²) in [6, 6.07) is 0. The van der Waals surface area contributed by atoms with Crippen LogP contribution in [-0.2, 0) is 23.7 Å². The second kappa shape index (κ2) is 8.66. The van der Waals surface area contributed by atoms with E-state index in [1.807, 2.05) is 39.5 Å². The van der Waals surface area contributed by atoms with Crippen LogP contribution in [0, 0.1) is 0 Å². The largest absolute Gasteiger partial charge is 0.348 e. The monoisotopic (exact) mass is 388 g/mol. The zero-order chi connectivity index (χ0) is 18.8. The molecule has 3 aliphatic rings. The molecule has 3 saturated heterocycles. The number of rotatable bonds is 9. The van der Waals surface area contributed by atoms with E-state index in [4.69, 9.17) is 23.7 Å². The van der Waals surface area contributed by atoms with Crippen LogP contribution < -0.4 is 0 Å². The molecule has 3 fully saturated rings. The van der Waals surface area contributed by atoms with Crippen LogP contribution in [0.15, 0.2) is 0 Å². The Morgan fingerprint density at radius 1 is 0.846 bits per heavy atom. The zero-order valence-electron chi connectivity index (χ0n) is 17.0. The Kier molecular flexibility index (Phi) is 6.95. The topological polar surface area (TPSA) is 46.2 Å². The number of thioether (sulfide) groups is 1. The Bertz CT molecular complexity index is 455. The molecule has 3 rings (SSSR count). The van der Waals surface area contributed by atoms with Gasteiger partial charge in [-0.2, -0.15) is 11.8 Å². The van der Waals surface area contributed by atoms with Gasteiger partial charge < -0.3 is 23.7 Å². The van der Waals surface area contributed by atoms with Crippen LogP contribution in [0.5, 0.6) is 0 Å². The third-order valence-corrected chi connectivity index (χ3v) is 6.68. The summed E-state index contributed by atoms with van der Waals surface area (Å²) in [5.74, 6) is 0.00735. The Balaban J connectivity index is 1.53. The summed E-state index contributed by atoms with van der Waals surface area (Å²) in [5.41, 5.74) is 0. The Labute approximate surface area is 162 Å². The molecule has 5 nitrogen and oxygen atoms in total. The van der Waals surface area contributed by atoms with Crippen LogP contribution in [0.2, 0.25) is 0 Å². The van der Waals surface area contributed by atoms with Crippen molar-refractivity contribution in [2.75, 3.05) is 12.4 Å². The van der Waals surface area contributed by atoms with Gasteiger partial charge in [0.15, 0.2) is 17.9 Å². The van der Waals surface area contributed by atoms with Gasteiger partial charge in [0.05, 0.1) is 11.9 Å². The maximum atomic E-state index is 6.25. The lowest BCUT2D eigenvalue weighted by Gasteiger charge is -2.28. The van der Waals surface area contributed by atoms with Gasteiger partial charge in [-0.3, -0.25) is 0 Å². The molecule has 6 heteroatoms. The molecule has 5 atom stereocenters. The number of hydrogen-bond donors (Lipinski definition) is 0. The maximum Gasteiger partial charge on any atom is 0.188 e. The van der Waals surface area contributed by atoms with E-state index in [0.717, 1.165) is 5.75 Å². The van der Waals surface area contributed by atoms with Gasteiger partial charge in [0.25, 0.3) is 0 Å². The molecule has 0 aromatic carbocycles. The average molecular weight is 389 g/mol. The summed E-state index contributed by atoms with van der Waals surface area (Å²) in [4.78, 5) is 0. The summed E-state index contributed by atoms with van der Waals surface area (Å²) in [7, 11) is 0. The molecular weight excluding hydrogens is 352 g/mol. The molecule has 0 aromatic rings. The first-order valence-corrected chi connectivity index (χ1v) is 11.3. The van der Waals surface area contributed by atoms with E-state index >= 15 is 0 Å². The average Bonchev–Trinajstić information content (AvgIpc) is 3.16. The highest BCUT2D eigenvalue weighted by molar-refractivity contribution is 8.00. The van der Waals surface area contributed by atoms with Crippen LogP contribution in [0.25, 0.3) is 0 Å². The van der Waals surface area contributed by atoms with Crippen molar-refractivity contribution in [3.63, 3.8) is 0 Å². The van der Waals surface area contributed by atoms with Crippen LogP contribution in [0.4, 0.5) is 0 Å². The molecule has 0 aromatic heterocycles. The van der Waals surface area contributed by atoms with Gasteiger partial charge in [0.1, 0.15) is 18.3 Å². The highest BCUT2D eigenvalue weighted by atomic mass is 32.2.